The number of benzene rings is 3. The lowest BCUT2D eigenvalue weighted by Crippen LogP contribution is -2.48. The zero-order valence-corrected chi connectivity index (χ0v) is 27.6. The van der Waals surface area contributed by atoms with Crippen molar-refractivity contribution in [3.05, 3.63) is 84.4 Å². The lowest BCUT2D eigenvalue weighted by Gasteiger charge is -2.35. The van der Waals surface area contributed by atoms with Crippen molar-refractivity contribution in [2.24, 2.45) is 5.92 Å². The van der Waals surface area contributed by atoms with Gasteiger partial charge in [-0.15, -0.1) is 0 Å². The summed E-state index contributed by atoms with van der Waals surface area (Å²) < 4.78 is 12.6. The van der Waals surface area contributed by atoms with E-state index in [9.17, 15) is 19.5 Å². The van der Waals surface area contributed by atoms with Gasteiger partial charge in [0.1, 0.15) is 5.75 Å². The van der Waals surface area contributed by atoms with Crippen LogP contribution in [0.25, 0.3) is 0 Å². The third kappa shape index (κ3) is 10.5. The Morgan fingerprint density at radius 2 is 1.57 bits per heavy atom. The van der Waals surface area contributed by atoms with Crippen molar-refractivity contribution >= 4 is 35.0 Å². The molecule has 1 aliphatic rings. The number of hydrogen-bond donors (Lipinski definition) is 4. The lowest BCUT2D eigenvalue weighted by molar-refractivity contribution is -0.0115. The second kappa shape index (κ2) is 17.3. The van der Waals surface area contributed by atoms with Crippen molar-refractivity contribution in [3.8, 4) is 5.75 Å². The topological polar surface area (TPSA) is 132 Å². The van der Waals surface area contributed by atoms with Gasteiger partial charge in [-0.3, -0.25) is 4.79 Å². The number of para-hydroxylation sites is 2. The molecule has 3 aromatic carbocycles. The average Bonchev–Trinajstić information content (AvgIpc) is 3.06. The highest BCUT2D eigenvalue weighted by Gasteiger charge is 2.31. The van der Waals surface area contributed by atoms with Crippen LogP contribution in [0.5, 0.6) is 5.75 Å². The monoisotopic (exact) mass is 645 g/mol. The molecule has 11 nitrogen and oxygen atoms in total. The van der Waals surface area contributed by atoms with E-state index in [4.69, 9.17) is 9.47 Å². The minimum atomic E-state index is -0.527. The zero-order chi connectivity index (χ0) is 33.8. The molecule has 0 spiro atoms. The van der Waals surface area contributed by atoms with Crippen molar-refractivity contribution < 1.29 is 29.0 Å². The summed E-state index contributed by atoms with van der Waals surface area (Å²) in [5, 5.41) is 18.7. The number of likely N-dealkylation sites (N-methyl/N-ethyl adjacent to an activating group) is 1. The molecular weight excluding hydrogens is 598 g/mol. The van der Waals surface area contributed by atoms with Crippen LogP contribution in [-0.4, -0.2) is 84.5 Å². The Morgan fingerprint density at radius 3 is 2.23 bits per heavy atom. The van der Waals surface area contributed by atoms with E-state index in [-0.39, 0.29) is 48.8 Å². The van der Waals surface area contributed by atoms with Gasteiger partial charge in [0.25, 0.3) is 5.91 Å². The molecule has 252 valence electrons. The van der Waals surface area contributed by atoms with Gasteiger partial charge in [-0.1, -0.05) is 43.3 Å². The normalized spacial score (nSPS) is 19.7. The quantitative estimate of drug-likeness (QED) is 0.239. The number of hydrogen-bond acceptors (Lipinski definition) is 6. The molecule has 47 heavy (non-hydrogen) atoms. The minimum Gasteiger partial charge on any atom is -0.490 e. The highest BCUT2D eigenvalue weighted by atomic mass is 16.5. The maximum atomic E-state index is 14.3. The number of amides is 5. The van der Waals surface area contributed by atoms with Gasteiger partial charge < -0.3 is 40.3 Å². The van der Waals surface area contributed by atoms with Gasteiger partial charge in [-0.2, -0.15) is 0 Å². The number of carbonyl (C=O) groups excluding carboxylic acids is 3. The summed E-state index contributed by atoms with van der Waals surface area (Å²) in [5.74, 6) is -0.149. The number of urea groups is 2. The standard InChI is InChI=1S/C36H47N5O6/c1-25-22-41(26(2)24-42)34(43)31-21-30(38-35(44)37-28-14-7-5-8-15-28)18-19-32(31)47-27(3)13-11-12-20-46-33(25)23-40(4)36(45)39-29-16-9-6-10-17-29/h5-10,14-19,21,25-27,33,42H,11-13,20,22-24H2,1-4H3,(H,39,45)(H2,37,38,44)/t25-,26+,27+,33-/m0/s1. The number of fused-ring (bicyclic) bond motifs is 1. The Kier molecular flexibility index (Phi) is 13.0. The van der Waals surface area contributed by atoms with Crippen LogP contribution in [0.2, 0.25) is 0 Å². The summed E-state index contributed by atoms with van der Waals surface area (Å²) in [6.07, 6.45) is 1.83. The van der Waals surface area contributed by atoms with Crippen LogP contribution in [0.4, 0.5) is 26.7 Å². The molecule has 0 unspecified atom stereocenters. The number of ether oxygens (including phenoxy) is 2. The predicted molar refractivity (Wildman–Crippen MR) is 184 cm³/mol. The number of nitrogens with zero attached hydrogens (tertiary/aromatic N) is 2. The molecule has 0 saturated carbocycles. The molecule has 0 saturated heterocycles. The van der Waals surface area contributed by atoms with Crippen molar-refractivity contribution in [2.75, 3.05) is 49.3 Å². The number of aliphatic hydroxyl groups is 1. The molecule has 0 aliphatic carbocycles. The lowest BCUT2D eigenvalue weighted by atomic mass is 10.0. The molecule has 11 heteroatoms. The number of anilines is 3. The Labute approximate surface area is 277 Å². The van der Waals surface area contributed by atoms with Gasteiger partial charge >= 0.3 is 12.1 Å². The summed E-state index contributed by atoms with van der Waals surface area (Å²) in [6.45, 7) is 6.51. The molecule has 3 aromatic rings. The Bertz CT molecular complexity index is 1460. The van der Waals surface area contributed by atoms with Crippen LogP contribution in [-0.2, 0) is 4.74 Å². The fraction of sp³-hybridized carbons (Fsp3) is 0.417. The molecule has 1 aliphatic heterocycles. The second-order valence-electron chi connectivity index (χ2n) is 12.1. The molecular formula is C36H47N5O6. The first kappa shape index (κ1) is 35.2. The average molecular weight is 646 g/mol. The van der Waals surface area contributed by atoms with Gasteiger partial charge in [0.05, 0.1) is 30.4 Å². The first-order chi connectivity index (χ1) is 22.6. The van der Waals surface area contributed by atoms with Gasteiger partial charge in [0, 0.05) is 49.7 Å². The van der Waals surface area contributed by atoms with E-state index in [0.29, 0.717) is 36.0 Å². The van der Waals surface area contributed by atoms with Crippen LogP contribution in [0.1, 0.15) is 50.4 Å². The Morgan fingerprint density at radius 1 is 0.936 bits per heavy atom. The summed E-state index contributed by atoms with van der Waals surface area (Å²) in [5.41, 5.74) is 2.02. The van der Waals surface area contributed by atoms with Crippen LogP contribution >= 0.6 is 0 Å². The first-order valence-corrected chi connectivity index (χ1v) is 16.2. The summed E-state index contributed by atoms with van der Waals surface area (Å²) in [4.78, 5) is 43.3. The molecule has 0 fully saturated rings. The van der Waals surface area contributed by atoms with Gasteiger partial charge in [0.15, 0.2) is 0 Å². The van der Waals surface area contributed by atoms with E-state index in [0.717, 1.165) is 19.3 Å². The highest BCUT2D eigenvalue weighted by Crippen LogP contribution is 2.29. The molecule has 0 radical (unpaired) electrons. The smallest absolute Gasteiger partial charge is 0.323 e. The van der Waals surface area contributed by atoms with E-state index in [1.54, 1.807) is 54.1 Å². The van der Waals surface area contributed by atoms with E-state index < -0.39 is 12.1 Å². The molecule has 5 amide bonds. The predicted octanol–water partition coefficient (Wildman–Crippen LogP) is 6.29. The van der Waals surface area contributed by atoms with Crippen LogP contribution < -0.4 is 20.7 Å². The van der Waals surface area contributed by atoms with Gasteiger partial charge in [-0.25, -0.2) is 9.59 Å². The van der Waals surface area contributed by atoms with Crippen molar-refractivity contribution in [2.45, 2.75) is 58.3 Å². The van der Waals surface area contributed by atoms with Crippen LogP contribution in [0.3, 0.4) is 0 Å². The van der Waals surface area contributed by atoms with E-state index >= 15 is 0 Å². The van der Waals surface area contributed by atoms with Gasteiger partial charge in [-0.05, 0) is 75.6 Å². The largest absolute Gasteiger partial charge is 0.490 e. The van der Waals surface area contributed by atoms with Crippen molar-refractivity contribution in [3.63, 3.8) is 0 Å². The first-order valence-electron chi connectivity index (χ1n) is 16.2. The molecule has 4 rings (SSSR count). The maximum absolute atomic E-state index is 14.3. The van der Waals surface area contributed by atoms with Gasteiger partial charge in [0.2, 0.25) is 0 Å². The summed E-state index contributed by atoms with van der Waals surface area (Å²) in [7, 11) is 1.72. The maximum Gasteiger partial charge on any atom is 0.323 e. The van der Waals surface area contributed by atoms with Crippen LogP contribution in [0, 0.1) is 5.92 Å². The fourth-order valence-corrected chi connectivity index (χ4v) is 5.37. The highest BCUT2D eigenvalue weighted by molar-refractivity contribution is 6.02. The van der Waals surface area contributed by atoms with Crippen LogP contribution in [0.15, 0.2) is 78.9 Å². The van der Waals surface area contributed by atoms with Crippen molar-refractivity contribution in [1.29, 1.82) is 0 Å². The van der Waals surface area contributed by atoms with Crippen molar-refractivity contribution in [1.82, 2.24) is 9.80 Å². The molecule has 0 bridgehead atoms. The van der Waals surface area contributed by atoms with E-state index in [2.05, 4.69) is 16.0 Å². The zero-order valence-electron chi connectivity index (χ0n) is 27.6. The molecule has 4 atom stereocenters. The molecule has 0 aromatic heterocycles. The summed E-state index contributed by atoms with van der Waals surface area (Å²) in [6, 6.07) is 22.1. The fourth-order valence-electron chi connectivity index (χ4n) is 5.37. The SMILES string of the molecule is C[C@@H]1CCCCO[C@@H](CN(C)C(=O)Nc2ccccc2)[C@@H](C)CN([C@H](C)CO)C(=O)c2cc(NC(=O)Nc3ccccc3)ccc2O1. The van der Waals surface area contributed by atoms with E-state index in [1.165, 1.54) is 0 Å². The number of nitrogens with one attached hydrogen (secondary N) is 3. The Balaban J connectivity index is 1.58. The molecule has 1 heterocycles. The number of aliphatic hydroxyl groups excluding tert-OH is 1. The minimum absolute atomic E-state index is 0.184. The summed E-state index contributed by atoms with van der Waals surface area (Å²) >= 11 is 0. The number of carbonyl (C=O) groups is 3. The number of rotatable bonds is 7. The Hall–Kier alpha value is -4.61. The third-order valence-electron chi connectivity index (χ3n) is 8.17. The van der Waals surface area contributed by atoms with E-state index in [1.807, 2.05) is 62.4 Å². The second-order valence-corrected chi connectivity index (χ2v) is 12.1. The third-order valence-corrected chi connectivity index (χ3v) is 8.17. The molecule has 4 N–H and O–H groups in total.